The second-order valence-corrected chi connectivity index (χ2v) is 18.0. The van der Waals surface area contributed by atoms with Crippen LogP contribution in [-0.2, 0) is 5.41 Å². The third-order valence-electron chi connectivity index (χ3n) is 14.5. The van der Waals surface area contributed by atoms with E-state index in [1.54, 1.807) is 0 Å². The average molecular weight is 866 g/mol. The second-order valence-electron chi connectivity index (χ2n) is 18.0. The number of hydrogen-bond donors (Lipinski definition) is 0. The molecular formula is C65H43N3. The number of rotatable bonds is 7. The van der Waals surface area contributed by atoms with Gasteiger partial charge in [-0.05, 0) is 112 Å². The summed E-state index contributed by atoms with van der Waals surface area (Å²) < 4.78 is 2.42. The first-order valence-electron chi connectivity index (χ1n) is 23.5. The summed E-state index contributed by atoms with van der Waals surface area (Å²) in [5.74, 6) is 0. The Hall–Kier alpha value is -8.92. The molecule has 3 nitrogen and oxygen atoms in total. The van der Waals surface area contributed by atoms with Crippen molar-refractivity contribution in [2.45, 2.75) is 5.41 Å². The highest BCUT2D eigenvalue weighted by Gasteiger charge is 2.54. The van der Waals surface area contributed by atoms with Crippen LogP contribution < -0.4 is 9.80 Å². The van der Waals surface area contributed by atoms with Crippen molar-refractivity contribution in [2.75, 3.05) is 9.80 Å². The van der Waals surface area contributed by atoms with Crippen LogP contribution in [0.3, 0.4) is 0 Å². The molecule has 0 bridgehead atoms. The number of anilines is 6. The van der Waals surface area contributed by atoms with Gasteiger partial charge in [-0.3, -0.25) is 0 Å². The van der Waals surface area contributed by atoms with Crippen LogP contribution in [0.25, 0.3) is 60.5 Å². The molecule has 12 aromatic rings. The van der Waals surface area contributed by atoms with Crippen LogP contribution in [0, 0.1) is 0 Å². The number of para-hydroxylation sites is 4. The zero-order valence-corrected chi connectivity index (χ0v) is 37.2. The molecule has 0 saturated heterocycles. The predicted molar refractivity (Wildman–Crippen MR) is 284 cm³/mol. The molecule has 1 spiro atoms. The summed E-state index contributed by atoms with van der Waals surface area (Å²) in [6, 6.07) is 96.2. The standard InChI is InChI=1S/C65H43N3/c1-4-23-45(24-5-1)66(48-41-42-52-51-31-14-17-37-59(51)68(62(52)43-48)47-27-8-3-9-28-47)61-40-19-33-53-50-30-12-15-34-55(50)65(64(53)61)56-35-16-13-32-54(56)63-57(65)36-20-39-60(63)67(46-25-6-2-7-26-46)58-38-18-22-44-21-10-11-29-49(44)58/h1-43H. The van der Waals surface area contributed by atoms with Crippen molar-refractivity contribution in [3.8, 4) is 27.9 Å². The number of fused-ring (bicyclic) bond motifs is 14. The molecule has 0 radical (unpaired) electrons. The molecule has 318 valence electrons. The Balaban J connectivity index is 1.07. The van der Waals surface area contributed by atoms with Crippen LogP contribution in [0.5, 0.6) is 0 Å². The van der Waals surface area contributed by atoms with E-state index in [1.165, 1.54) is 71.6 Å². The first kappa shape index (κ1) is 38.4. The van der Waals surface area contributed by atoms with Crippen molar-refractivity contribution in [1.29, 1.82) is 0 Å². The molecular weight excluding hydrogens is 823 g/mol. The number of benzene rings is 11. The summed E-state index contributed by atoms with van der Waals surface area (Å²) in [6.07, 6.45) is 0. The van der Waals surface area contributed by atoms with Gasteiger partial charge in [-0.15, -0.1) is 0 Å². The Morgan fingerprint density at radius 3 is 1.63 bits per heavy atom. The molecule has 1 heterocycles. The van der Waals surface area contributed by atoms with Gasteiger partial charge in [0.05, 0.1) is 33.5 Å². The summed E-state index contributed by atoms with van der Waals surface area (Å²) in [5, 5.41) is 4.88. The van der Waals surface area contributed by atoms with E-state index in [1.807, 2.05) is 0 Å². The highest BCUT2D eigenvalue weighted by molar-refractivity contribution is 6.11. The Morgan fingerprint density at radius 1 is 0.309 bits per heavy atom. The normalized spacial score (nSPS) is 14.2. The third-order valence-corrected chi connectivity index (χ3v) is 14.5. The van der Waals surface area contributed by atoms with Crippen molar-refractivity contribution in [1.82, 2.24) is 4.57 Å². The van der Waals surface area contributed by atoms with Gasteiger partial charge in [-0.25, -0.2) is 0 Å². The van der Waals surface area contributed by atoms with E-state index < -0.39 is 5.41 Å². The molecule has 1 aromatic heterocycles. The summed E-state index contributed by atoms with van der Waals surface area (Å²) >= 11 is 0. The topological polar surface area (TPSA) is 11.4 Å². The molecule has 11 aromatic carbocycles. The van der Waals surface area contributed by atoms with E-state index in [9.17, 15) is 0 Å². The van der Waals surface area contributed by atoms with E-state index in [0.29, 0.717) is 0 Å². The van der Waals surface area contributed by atoms with E-state index in [2.05, 4.69) is 275 Å². The zero-order valence-electron chi connectivity index (χ0n) is 37.2. The highest BCUT2D eigenvalue weighted by Crippen LogP contribution is 2.67. The molecule has 0 saturated carbocycles. The molecule has 0 amide bonds. The van der Waals surface area contributed by atoms with Gasteiger partial charge in [0.1, 0.15) is 0 Å². The van der Waals surface area contributed by atoms with Gasteiger partial charge in [0.25, 0.3) is 0 Å². The third kappa shape index (κ3) is 5.41. The maximum absolute atomic E-state index is 2.51. The van der Waals surface area contributed by atoms with Crippen LogP contribution in [0.1, 0.15) is 22.3 Å². The zero-order chi connectivity index (χ0) is 44.8. The van der Waals surface area contributed by atoms with Crippen LogP contribution in [0.2, 0.25) is 0 Å². The summed E-state index contributed by atoms with van der Waals surface area (Å²) in [5.41, 5.74) is 19.8. The minimum Gasteiger partial charge on any atom is -0.310 e. The number of hydrogen-bond acceptors (Lipinski definition) is 2. The SMILES string of the molecule is c1ccc(N(c2ccc3c4ccccc4n(-c4ccccc4)c3c2)c2cccc3c2C2(c4ccccc4-3)c3ccccc3-c3c(N(c4ccccc4)c4cccc5ccccc45)cccc32)cc1. The first-order valence-corrected chi connectivity index (χ1v) is 23.5. The minimum absolute atomic E-state index is 0.651. The number of aromatic nitrogens is 1. The van der Waals surface area contributed by atoms with E-state index in [0.717, 1.165) is 45.3 Å². The molecule has 0 N–H and O–H groups in total. The van der Waals surface area contributed by atoms with Crippen molar-refractivity contribution in [3.63, 3.8) is 0 Å². The molecule has 0 aliphatic heterocycles. The minimum atomic E-state index is -0.651. The highest BCUT2D eigenvalue weighted by atomic mass is 15.2. The lowest BCUT2D eigenvalue weighted by Gasteiger charge is -2.36. The lowest BCUT2D eigenvalue weighted by atomic mass is 9.70. The van der Waals surface area contributed by atoms with E-state index in [4.69, 9.17) is 0 Å². The quantitative estimate of drug-likeness (QED) is 0.158. The Kier molecular flexibility index (Phi) is 8.50. The summed E-state index contributed by atoms with van der Waals surface area (Å²) in [6.45, 7) is 0. The average Bonchev–Trinajstić information content (AvgIpc) is 4.02. The van der Waals surface area contributed by atoms with Crippen LogP contribution in [0.15, 0.2) is 261 Å². The van der Waals surface area contributed by atoms with Crippen LogP contribution in [0.4, 0.5) is 34.1 Å². The maximum Gasteiger partial charge on any atom is 0.0746 e. The largest absolute Gasteiger partial charge is 0.310 e. The summed E-state index contributed by atoms with van der Waals surface area (Å²) in [4.78, 5) is 5.00. The van der Waals surface area contributed by atoms with Crippen LogP contribution in [-0.4, -0.2) is 4.57 Å². The Morgan fingerprint density at radius 2 is 0.838 bits per heavy atom. The second kappa shape index (κ2) is 15.1. The lowest BCUT2D eigenvalue weighted by molar-refractivity contribution is 0.793. The molecule has 14 rings (SSSR count). The molecule has 68 heavy (non-hydrogen) atoms. The molecule has 3 heteroatoms. The van der Waals surface area contributed by atoms with Gasteiger partial charge in [-0.2, -0.15) is 0 Å². The fraction of sp³-hybridized carbons (Fsp3) is 0.0154. The molecule has 1 unspecified atom stereocenters. The first-order chi connectivity index (χ1) is 33.8. The maximum atomic E-state index is 2.51. The predicted octanol–water partition coefficient (Wildman–Crippen LogP) is 17.2. The van der Waals surface area contributed by atoms with Gasteiger partial charge in [-0.1, -0.05) is 188 Å². The molecule has 0 fully saturated rings. The van der Waals surface area contributed by atoms with Crippen molar-refractivity contribution in [2.24, 2.45) is 0 Å². The lowest BCUT2D eigenvalue weighted by Crippen LogP contribution is -2.28. The Bertz CT molecular complexity index is 3920. The monoisotopic (exact) mass is 865 g/mol. The molecule has 1 atom stereocenters. The van der Waals surface area contributed by atoms with Crippen LogP contribution >= 0.6 is 0 Å². The van der Waals surface area contributed by atoms with Gasteiger partial charge < -0.3 is 14.4 Å². The molecule has 2 aliphatic rings. The summed E-state index contributed by atoms with van der Waals surface area (Å²) in [7, 11) is 0. The van der Waals surface area contributed by atoms with Gasteiger partial charge in [0, 0.05) is 50.0 Å². The van der Waals surface area contributed by atoms with Crippen molar-refractivity contribution >= 4 is 66.7 Å². The fourth-order valence-electron chi connectivity index (χ4n) is 11.9. The van der Waals surface area contributed by atoms with Gasteiger partial charge in [0.15, 0.2) is 0 Å². The van der Waals surface area contributed by atoms with E-state index >= 15 is 0 Å². The van der Waals surface area contributed by atoms with Gasteiger partial charge in [0.2, 0.25) is 0 Å². The number of nitrogens with zero attached hydrogens (tertiary/aromatic N) is 3. The Labute approximate surface area is 395 Å². The van der Waals surface area contributed by atoms with Crippen molar-refractivity contribution in [3.05, 3.63) is 283 Å². The van der Waals surface area contributed by atoms with Gasteiger partial charge >= 0.3 is 0 Å². The fourth-order valence-corrected chi connectivity index (χ4v) is 11.9. The molecule has 2 aliphatic carbocycles. The smallest absolute Gasteiger partial charge is 0.0746 e. The van der Waals surface area contributed by atoms with E-state index in [-0.39, 0.29) is 0 Å². The van der Waals surface area contributed by atoms with Crippen molar-refractivity contribution < 1.29 is 0 Å².